The van der Waals surface area contributed by atoms with Crippen molar-refractivity contribution in [2.75, 3.05) is 19.7 Å². The Morgan fingerprint density at radius 1 is 0.906 bits per heavy atom. The summed E-state index contributed by atoms with van der Waals surface area (Å²) in [5.74, 6) is 1.94. The third-order valence-corrected chi connectivity index (χ3v) is 7.66. The number of allylic oxidation sites excluding steroid dienone is 2. The lowest BCUT2D eigenvalue weighted by Gasteiger charge is -2.20. The number of thiophene rings is 1. The van der Waals surface area contributed by atoms with Crippen LogP contribution in [0, 0.1) is 0 Å². The average Bonchev–Trinajstić information content (AvgIpc) is 3.21. The van der Waals surface area contributed by atoms with E-state index in [1.165, 1.54) is 56.8 Å². The monoisotopic (exact) mass is 441 g/mol. The molecule has 0 unspecified atom stereocenters. The van der Waals surface area contributed by atoms with Crippen LogP contribution in [0.5, 0.6) is 11.5 Å². The summed E-state index contributed by atoms with van der Waals surface area (Å²) in [6, 6.07) is 15.4. The van der Waals surface area contributed by atoms with Gasteiger partial charge in [0.2, 0.25) is 0 Å². The summed E-state index contributed by atoms with van der Waals surface area (Å²) >= 11 is 1.85. The van der Waals surface area contributed by atoms with Crippen molar-refractivity contribution in [3.05, 3.63) is 82.9 Å². The van der Waals surface area contributed by atoms with Crippen LogP contribution in [0.3, 0.4) is 0 Å². The predicted octanol–water partition coefficient (Wildman–Crippen LogP) is 6.97. The molecule has 2 aliphatic heterocycles. The summed E-state index contributed by atoms with van der Waals surface area (Å²) in [7, 11) is 0. The zero-order valence-corrected chi connectivity index (χ0v) is 19.0. The SMILES string of the molecule is C1=CCN(CCOCc2cc3c(s2)-c2cc4c(cc2Oc2ccccc2-3)CCCC4)C=C1. The second-order valence-electron chi connectivity index (χ2n) is 8.70. The molecule has 1 aliphatic carbocycles. The molecule has 0 fully saturated rings. The van der Waals surface area contributed by atoms with Gasteiger partial charge < -0.3 is 14.4 Å². The molecular weight excluding hydrogens is 414 g/mol. The topological polar surface area (TPSA) is 21.7 Å². The van der Waals surface area contributed by atoms with Crippen molar-refractivity contribution < 1.29 is 9.47 Å². The highest BCUT2D eigenvalue weighted by Gasteiger charge is 2.25. The quantitative estimate of drug-likeness (QED) is 0.312. The van der Waals surface area contributed by atoms with E-state index < -0.39 is 0 Å². The second-order valence-corrected chi connectivity index (χ2v) is 9.83. The number of benzene rings is 2. The highest BCUT2D eigenvalue weighted by molar-refractivity contribution is 7.16. The minimum atomic E-state index is 0.647. The van der Waals surface area contributed by atoms with E-state index in [0.29, 0.717) is 6.61 Å². The van der Waals surface area contributed by atoms with Crippen molar-refractivity contribution in [2.24, 2.45) is 0 Å². The predicted molar refractivity (Wildman–Crippen MR) is 131 cm³/mol. The molecule has 6 rings (SSSR count). The lowest BCUT2D eigenvalue weighted by Crippen LogP contribution is -2.23. The summed E-state index contributed by atoms with van der Waals surface area (Å²) < 4.78 is 12.6. The van der Waals surface area contributed by atoms with Gasteiger partial charge in [0, 0.05) is 39.5 Å². The Hall–Kier alpha value is -2.82. The standard InChI is InChI=1S/C28H27NO2S/c1-6-12-29(13-7-1)14-15-30-19-22-18-24-23-10-4-5-11-26(23)31-27-17-21-9-3-2-8-20(21)16-25(27)28(24)32-22/h1,4-7,10-12,16-18H,2-3,8-9,13-15,19H2. The van der Waals surface area contributed by atoms with Gasteiger partial charge in [-0.05, 0) is 73.4 Å². The normalized spacial score (nSPS) is 15.9. The molecule has 1 aromatic heterocycles. The number of ether oxygens (including phenoxy) is 2. The lowest BCUT2D eigenvalue weighted by atomic mass is 9.89. The van der Waals surface area contributed by atoms with Gasteiger partial charge >= 0.3 is 0 Å². The summed E-state index contributed by atoms with van der Waals surface area (Å²) in [4.78, 5) is 4.85. The maximum Gasteiger partial charge on any atom is 0.136 e. The molecule has 3 heterocycles. The van der Waals surface area contributed by atoms with Crippen molar-refractivity contribution in [3.63, 3.8) is 0 Å². The Balaban J connectivity index is 1.30. The maximum atomic E-state index is 6.47. The van der Waals surface area contributed by atoms with Gasteiger partial charge in [0.05, 0.1) is 13.2 Å². The number of para-hydroxylation sites is 1. The zero-order valence-electron chi connectivity index (χ0n) is 18.2. The first-order valence-electron chi connectivity index (χ1n) is 11.6. The van der Waals surface area contributed by atoms with Crippen LogP contribution in [0.2, 0.25) is 0 Å². The molecule has 2 aromatic carbocycles. The van der Waals surface area contributed by atoms with E-state index in [9.17, 15) is 0 Å². The van der Waals surface area contributed by atoms with Crippen LogP contribution in [0.25, 0.3) is 21.6 Å². The van der Waals surface area contributed by atoms with Crippen LogP contribution in [-0.2, 0) is 24.2 Å². The minimum absolute atomic E-state index is 0.647. The van der Waals surface area contributed by atoms with Crippen LogP contribution in [0.15, 0.2) is 66.9 Å². The van der Waals surface area contributed by atoms with E-state index in [1.807, 2.05) is 11.3 Å². The molecule has 32 heavy (non-hydrogen) atoms. The molecule has 0 spiro atoms. The van der Waals surface area contributed by atoms with Crippen molar-refractivity contribution in [3.8, 4) is 33.1 Å². The minimum Gasteiger partial charge on any atom is -0.456 e. The number of nitrogens with zero attached hydrogens (tertiary/aromatic N) is 1. The Bertz CT molecular complexity index is 1210. The summed E-state index contributed by atoms with van der Waals surface area (Å²) in [6.07, 6.45) is 13.4. The number of hydrogen-bond acceptors (Lipinski definition) is 4. The van der Waals surface area contributed by atoms with Crippen LogP contribution >= 0.6 is 11.3 Å². The van der Waals surface area contributed by atoms with Crippen LogP contribution < -0.4 is 4.74 Å². The van der Waals surface area contributed by atoms with Crippen LogP contribution in [0.4, 0.5) is 0 Å². The summed E-state index contributed by atoms with van der Waals surface area (Å²) in [6.45, 7) is 3.25. The Morgan fingerprint density at radius 3 is 2.66 bits per heavy atom. The van der Waals surface area contributed by atoms with Crippen LogP contribution in [0.1, 0.15) is 28.8 Å². The van der Waals surface area contributed by atoms with E-state index in [2.05, 4.69) is 71.8 Å². The fourth-order valence-corrected chi connectivity index (χ4v) is 5.99. The summed E-state index contributed by atoms with van der Waals surface area (Å²) in [5.41, 5.74) is 6.62. The van der Waals surface area contributed by atoms with Gasteiger partial charge in [0.1, 0.15) is 11.5 Å². The zero-order chi connectivity index (χ0) is 21.3. The highest BCUT2D eigenvalue weighted by atomic mass is 32.1. The number of aryl methyl sites for hydroxylation is 2. The second kappa shape index (κ2) is 8.61. The van der Waals surface area contributed by atoms with E-state index in [0.717, 1.165) is 37.6 Å². The van der Waals surface area contributed by atoms with Crippen LogP contribution in [-0.4, -0.2) is 24.6 Å². The van der Waals surface area contributed by atoms with Crippen molar-refractivity contribution in [1.29, 1.82) is 0 Å². The number of hydrogen-bond donors (Lipinski definition) is 0. The third kappa shape index (κ3) is 3.78. The molecule has 3 nitrogen and oxygen atoms in total. The molecule has 0 atom stereocenters. The summed E-state index contributed by atoms with van der Waals surface area (Å²) in [5, 5.41) is 0. The molecule has 0 bridgehead atoms. The first-order chi connectivity index (χ1) is 15.8. The first kappa shape index (κ1) is 19.8. The van der Waals surface area contributed by atoms with Gasteiger partial charge in [-0.25, -0.2) is 0 Å². The smallest absolute Gasteiger partial charge is 0.136 e. The van der Waals surface area contributed by atoms with Gasteiger partial charge in [0.25, 0.3) is 0 Å². The molecule has 4 heteroatoms. The fraction of sp³-hybridized carbons (Fsp3) is 0.286. The van der Waals surface area contributed by atoms with E-state index >= 15 is 0 Å². The van der Waals surface area contributed by atoms with E-state index in [1.54, 1.807) is 0 Å². The molecule has 162 valence electrons. The molecule has 0 N–H and O–H groups in total. The number of rotatable bonds is 5. The maximum absolute atomic E-state index is 6.47. The molecule has 3 aromatic rings. The van der Waals surface area contributed by atoms with E-state index in [4.69, 9.17) is 9.47 Å². The molecule has 0 amide bonds. The van der Waals surface area contributed by atoms with E-state index in [-0.39, 0.29) is 0 Å². The first-order valence-corrected chi connectivity index (χ1v) is 12.4. The van der Waals surface area contributed by atoms with Crippen molar-refractivity contribution >= 4 is 11.3 Å². The molecule has 0 saturated carbocycles. The average molecular weight is 442 g/mol. The van der Waals surface area contributed by atoms with Gasteiger partial charge in [-0.2, -0.15) is 0 Å². The van der Waals surface area contributed by atoms with Gasteiger partial charge in [-0.15, -0.1) is 11.3 Å². The number of fused-ring (bicyclic) bond motifs is 6. The third-order valence-electron chi connectivity index (χ3n) is 6.52. The lowest BCUT2D eigenvalue weighted by molar-refractivity contribution is 0.108. The van der Waals surface area contributed by atoms with Crippen molar-refractivity contribution in [2.45, 2.75) is 32.3 Å². The molecule has 0 saturated heterocycles. The van der Waals surface area contributed by atoms with Crippen molar-refractivity contribution in [1.82, 2.24) is 4.90 Å². The van der Waals surface area contributed by atoms with Gasteiger partial charge in [0.15, 0.2) is 0 Å². The Labute approximate surface area is 193 Å². The van der Waals surface area contributed by atoms with Gasteiger partial charge in [-0.3, -0.25) is 0 Å². The molecular formula is C28H27NO2S. The Morgan fingerprint density at radius 2 is 1.78 bits per heavy atom. The largest absolute Gasteiger partial charge is 0.456 e. The molecule has 0 radical (unpaired) electrons. The fourth-order valence-electron chi connectivity index (χ4n) is 4.86. The highest BCUT2D eigenvalue weighted by Crippen LogP contribution is 2.51. The Kier molecular flexibility index (Phi) is 5.34. The molecule has 3 aliphatic rings. The van der Waals surface area contributed by atoms with Gasteiger partial charge in [-0.1, -0.05) is 30.4 Å².